The zero-order valence-corrected chi connectivity index (χ0v) is 10.9. The molecule has 0 saturated carbocycles. The lowest BCUT2D eigenvalue weighted by molar-refractivity contribution is -0.115. The number of amides is 1. The Bertz CT molecular complexity index is 558. The number of aromatic hydroxyl groups is 1. The average molecular weight is 260 g/mol. The van der Waals surface area contributed by atoms with E-state index in [1.807, 2.05) is 13.8 Å². The molecule has 0 aliphatic carbocycles. The summed E-state index contributed by atoms with van der Waals surface area (Å²) in [6.45, 7) is 3.98. The van der Waals surface area contributed by atoms with E-state index in [0.717, 1.165) is 11.3 Å². The molecular weight excluding hydrogens is 244 g/mol. The maximum Gasteiger partial charge on any atom is 0.230 e. The number of rotatable bonds is 4. The van der Waals surface area contributed by atoms with E-state index in [-0.39, 0.29) is 24.0 Å². The molecule has 0 fully saturated rings. The Kier molecular flexibility index (Phi) is 3.85. The van der Waals surface area contributed by atoms with Crippen LogP contribution in [0.5, 0.6) is 5.75 Å². The summed E-state index contributed by atoms with van der Waals surface area (Å²) < 4.78 is 5.10. The van der Waals surface area contributed by atoms with Gasteiger partial charge < -0.3 is 14.9 Å². The molecular formula is C14H16N2O3. The second-order valence-corrected chi connectivity index (χ2v) is 4.66. The van der Waals surface area contributed by atoms with Gasteiger partial charge in [-0.05, 0) is 17.7 Å². The van der Waals surface area contributed by atoms with Crippen molar-refractivity contribution < 1.29 is 14.4 Å². The fraction of sp³-hybridized carbons (Fsp3) is 0.286. The summed E-state index contributed by atoms with van der Waals surface area (Å²) in [6, 6.07) is 8.24. The molecule has 0 bridgehead atoms. The Morgan fingerprint density at radius 1 is 1.37 bits per heavy atom. The highest BCUT2D eigenvalue weighted by atomic mass is 16.5. The Hall–Kier alpha value is -2.30. The monoisotopic (exact) mass is 260 g/mol. The Morgan fingerprint density at radius 2 is 2.05 bits per heavy atom. The van der Waals surface area contributed by atoms with Crippen molar-refractivity contribution in [3.63, 3.8) is 0 Å². The van der Waals surface area contributed by atoms with E-state index in [0.29, 0.717) is 5.82 Å². The maximum absolute atomic E-state index is 11.8. The van der Waals surface area contributed by atoms with E-state index in [1.165, 1.54) is 0 Å². The van der Waals surface area contributed by atoms with Crippen LogP contribution in [-0.4, -0.2) is 16.2 Å². The zero-order valence-electron chi connectivity index (χ0n) is 10.9. The van der Waals surface area contributed by atoms with E-state index in [9.17, 15) is 4.79 Å². The van der Waals surface area contributed by atoms with Crippen molar-refractivity contribution in [1.82, 2.24) is 5.16 Å². The van der Waals surface area contributed by atoms with Gasteiger partial charge in [-0.3, -0.25) is 4.79 Å². The number of nitrogens with one attached hydrogen (secondary N) is 1. The molecule has 2 rings (SSSR count). The number of carbonyl (C=O) groups is 1. The summed E-state index contributed by atoms with van der Waals surface area (Å²) in [5.41, 5.74) is 0.822. The lowest BCUT2D eigenvalue weighted by atomic mass is 10.1. The molecule has 1 aromatic carbocycles. The quantitative estimate of drug-likeness (QED) is 0.886. The summed E-state index contributed by atoms with van der Waals surface area (Å²) in [7, 11) is 0. The standard InChI is InChI=1S/C14H16N2O3/c1-9(2)12-8-13(16-19-12)15-14(18)7-10-3-5-11(17)6-4-10/h3-6,8-9,17H,7H2,1-2H3,(H,15,16,18). The molecule has 1 aromatic heterocycles. The van der Waals surface area contributed by atoms with E-state index < -0.39 is 0 Å². The lowest BCUT2D eigenvalue weighted by Gasteiger charge is -2.01. The first-order chi connectivity index (χ1) is 9.04. The number of nitrogens with zero attached hydrogens (tertiary/aromatic N) is 1. The van der Waals surface area contributed by atoms with Crippen LogP contribution in [0.15, 0.2) is 34.9 Å². The molecule has 100 valence electrons. The van der Waals surface area contributed by atoms with Crippen molar-refractivity contribution in [3.05, 3.63) is 41.7 Å². The predicted molar refractivity (Wildman–Crippen MR) is 71.0 cm³/mol. The van der Waals surface area contributed by atoms with Gasteiger partial charge in [0.05, 0.1) is 6.42 Å². The number of phenols is 1. The van der Waals surface area contributed by atoms with Crippen molar-refractivity contribution in [2.75, 3.05) is 5.32 Å². The van der Waals surface area contributed by atoms with Gasteiger partial charge in [0, 0.05) is 12.0 Å². The van der Waals surface area contributed by atoms with Gasteiger partial charge in [-0.25, -0.2) is 0 Å². The van der Waals surface area contributed by atoms with E-state index in [2.05, 4.69) is 10.5 Å². The van der Waals surface area contributed by atoms with Crippen molar-refractivity contribution in [3.8, 4) is 5.75 Å². The Labute approximate surface area is 111 Å². The fourth-order valence-electron chi connectivity index (χ4n) is 1.61. The molecule has 0 aliphatic rings. The molecule has 0 saturated heterocycles. The number of carbonyl (C=O) groups excluding carboxylic acids is 1. The summed E-state index contributed by atoms with van der Waals surface area (Å²) >= 11 is 0. The zero-order chi connectivity index (χ0) is 13.8. The minimum Gasteiger partial charge on any atom is -0.508 e. The lowest BCUT2D eigenvalue weighted by Crippen LogP contribution is -2.14. The van der Waals surface area contributed by atoms with Crippen LogP contribution in [-0.2, 0) is 11.2 Å². The molecule has 19 heavy (non-hydrogen) atoms. The van der Waals surface area contributed by atoms with Gasteiger partial charge in [-0.2, -0.15) is 0 Å². The minimum absolute atomic E-state index is 0.172. The molecule has 0 aliphatic heterocycles. The van der Waals surface area contributed by atoms with Crippen LogP contribution in [0, 0.1) is 0 Å². The summed E-state index contributed by atoms with van der Waals surface area (Å²) in [5.74, 6) is 1.40. The van der Waals surface area contributed by atoms with Gasteiger partial charge in [0.1, 0.15) is 11.5 Å². The van der Waals surface area contributed by atoms with Gasteiger partial charge in [0.25, 0.3) is 0 Å². The maximum atomic E-state index is 11.8. The van der Waals surface area contributed by atoms with Crippen LogP contribution in [0.3, 0.4) is 0 Å². The van der Waals surface area contributed by atoms with Gasteiger partial charge in [-0.1, -0.05) is 31.1 Å². The van der Waals surface area contributed by atoms with Crippen LogP contribution < -0.4 is 5.32 Å². The number of hydrogen-bond acceptors (Lipinski definition) is 4. The van der Waals surface area contributed by atoms with Crippen molar-refractivity contribution in [2.24, 2.45) is 0 Å². The average Bonchev–Trinajstić information content (AvgIpc) is 2.80. The summed E-state index contributed by atoms with van der Waals surface area (Å²) in [6.07, 6.45) is 0.226. The number of benzene rings is 1. The van der Waals surface area contributed by atoms with Gasteiger partial charge in [-0.15, -0.1) is 0 Å². The highest BCUT2D eigenvalue weighted by Crippen LogP contribution is 2.18. The van der Waals surface area contributed by atoms with Crippen molar-refractivity contribution >= 4 is 11.7 Å². The number of aromatic nitrogens is 1. The van der Waals surface area contributed by atoms with Gasteiger partial charge in [0.2, 0.25) is 5.91 Å². The van der Waals surface area contributed by atoms with Crippen LogP contribution >= 0.6 is 0 Å². The highest BCUT2D eigenvalue weighted by Gasteiger charge is 2.10. The fourth-order valence-corrected chi connectivity index (χ4v) is 1.61. The van der Waals surface area contributed by atoms with E-state index >= 15 is 0 Å². The predicted octanol–water partition coefficient (Wildman–Crippen LogP) is 2.68. The molecule has 5 nitrogen and oxygen atoms in total. The molecule has 0 radical (unpaired) electrons. The third kappa shape index (κ3) is 3.58. The highest BCUT2D eigenvalue weighted by molar-refractivity contribution is 5.91. The molecule has 0 atom stereocenters. The van der Waals surface area contributed by atoms with Crippen LogP contribution in [0.25, 0.3) is 0 Å². The normalized spacial score (nSPS) is 10.7. The second kappa shape index (κ2) is 5.56. The largest absolute Gasteiger partial charge is 0.508 e. The number of anilines is 1. The third-order valence-corrected chi connectivity index (χ3v) is 2.67. The topological polar surface area (TPSA) is 75.4 Å². The first-order valence-electron chi connectivity index (χ1n) is 6.09. The first-order valence-corrected chi connectivity index (χ1v) is 6.09. The van der Waals surface area contributed by atoms with Gasteiger partial charge >= 0.3 is 0 Å². The van der Waals surface area contributed by atoms with Crippen molar-refractivity contribution in [1.29, 1.82) is 0 Å². The summed E-state index contributed by atoms with van der Waals surface area (Å²) in [5, 5.41) is 15.6. The van der Waals surface area contributed by atoms with E-state index in [4.69, 9.17) is 9.63 Å². The molecule has 1 amide bonds. The number of hydrogen-bond donors (Lipinski definition) is 2. The minimum atomic E-state index is -0.172. The second-order valence-electron chi connectivity index (χ2n) is 4.66. The molecule has 1 heterocycles. The Morgan fingerprint density at radius 3 is 2.63 bits per heavy atom. The molecule has 0 spiro atoms. The third-order valence-electron chi connectivity index (χ3n) is 2.67. The van der Waals surface area contributed by atoms with Crippen molar-refractivity contribution in [2.45, 2.75) is 26.2 Å². The SMILES string of the molecule is CC(C)c1cc(NC(=O)Cc2ccc(O)cc2)no1. The molecule has 0 unspecified atom stereocenters. The summed E-state index contributed by atoms with van der Waals surface area (Å²) in [4.78, 5) is 11.8. The van der Waals surface area contributed by atoms with Crippen LogP contribution in [0.2, 0.25) is 0 Å². The first kappa shape index (κ1) is 13.1. The van der Waals surface area contributed by atoms with E-state index in [1.54, 1.807) is 30.3 Å². The molecule has 5 heteroatoms. The Balaban J connectivity index is 1.95. The van der Waals surface area contributed by atoms with Gasteiger partial charge in [0.15, 0.2) is 5.82 Å². The molecule has 2 N–H and O–H groups in total. The van der Waals surface area contributed by atoms with Crippen LogP contribution in [0.1, 0.15) is 31.1 Å². The molecule has 2 aromatic rings. The smallest absolute Gasteiger partial charge is 0.230 e. The van der Waals surface area contributed by atoms with Crippen LogP contribution in [0.4, 0.5) is 5.82 Å². The number of phenolic OH excluding ortho intramolecular Hbond substituents is 1.